The highest BCUT2D eigenvalue weighted by atomic mass is 32.1. The van der Waals surface area contributed by atoms with Crippen LogP contribution in [0.15, 0.2) is 10.9 Å². The average molecular weight is 447 g/mol. The van der Waals surface area contributed by atoms with Crippen molar-refractivity contribution in [1.29, 1.82) is 0 Å². The van der Waals surface area contributed by atoms with Gasteiger partial charge in [-0.3, -0.25) is 9.59 Å². The predicted molar refractivity (Wildman–Crippen MR) is 124 cm³/mol. The van der Waals surface area contributed by atoms with Crippen LogP contribution in [-0.2, 0) is 4.79 Å². The normalized spacial score (nSPS) is 22.7. The van der Waals surface area contributed by atoms with Crippen LogP contribution in [0.3, 0.4) is 0 Å². The van der Waals surface area contributed by atoms with Gasteiger partial charge in [0.1, 0.15) is 0 Å². The number of rotatable bonds is 7. The molecular formula is C22H34N6O2S. The van der Waals surface area contributed by atoms with Crippen molar-refractivity contribution >= 4 is 27.3 Å². The molecule has 0 saturated carbocycles. The van der Waals surface area contributed by atoms with Crippen LogP contribution in [0.1, 0.15) is 57.6 Å². The Hall–Kier alpha value is -2.00. The molecule has 2 saturated heterocycles. The zero-order chi connectivity index (χ0) is 21.8. The lowest BCUT2D eigenvalue weighted by Crippen LogP contribution is -2.44. The second kappa shape index (κ2) is 10.1. The standard InChI is InChI=1S/C22H34N6O2S/c1-3-18-9-4-5-11-26(18)13-7-10-23-20(30)17-8-6-12-27(15-17)22-25-28-19(29)14-16(2)24-21(28)31-22/h14,17-18H,3-13,15H2,1-2H3,(H,23,30)/t17-,18-/m1/s1. The Morgan fingerprint density at radius 2 is 2.13 bits per heavy atom. The number of amides is 1. The number of aromatic nitrogens is 3. The summed E-state index contributed by atoms with van der Waals surface area (Å²) in [7, 11) is 0. The van der Waals surface area contributed by atoms with Crippen molar-refractivity contribution in [1.82, 2.24) is 24.8 Å². The lowest BCUT2D eigenvalue weighted by molar-refractivity contribution is -0.125. The van der Waals surface area contributed by atoms with Gasteiger partial charge in [0.25, 0.3) is 5.56 Å². The Morgan fingerprint density at radius 1 is 1.26 bits per heavy atom. The van der Waals surface area contributed by atoms with Gasteiger partial charge in [0.15, 0.2) is 0 Å². The minimum absolute atomic E-state index is 0.0365. The molecule has 31 heavy (non-hydrogen) atoms. The largest absolute Gasteiger partial charge is 0.356 e. The summed E-state index contributed by atoms with van der Waals surface area (Å²) >= 11 is 1.41. The number of hydrogen-bond acceptors (Lipinski definition) is 7. The molecule has 0 aromatic carbocycles. The molecule has 1 N–H and O–H groups in total. The molecule has 0 spiro atoms. The van der Waals surface area contributed by atoms with Gasteiger partial charge in [-0.25, -0.2) is 4.98 Å². The van der Waals surface area contributed by atoms with Gasteiger partial charge in [0, 0.05) is 44.0 Å². The van der Waals surface area contributed by atoms with Crippen LogP contribution in [-0.4, -0.2) is 64.2 Å². The van der Waals surface area contributed by atoms with Crippen LogP contribution in [0, 0.1) is 12.8 Å². The number of anilines is 1. The Morgan fingerprint density at radius 3 is 2.97 bits per heavy atom. The molecule has 9 heteroatoms. The van der Waals surface area contributed by atoms with Crippen molar-refractivity contribution in [3.05, 3.63) is 22.1 Å². The molecule has 1 amide bonds. The van der Waals surface area contributed by atoms with E-state index in [4.69, 9.17) is 0 Å². The number of hydrogen-bond donors (Lipinski definition) is 1. The molecule has 8 nitrogen and oxygen atoms in total. The first-order valence-corrected chi connectivity index (χ1v) is 12.5. The molecule has 0 unspecified atom stereocenters. The quantitative estimate of drug-likeness (QED) is 0.658. The van der Waals surface area contributed by atoms with Crippen LogP contribution < -0.4 is 15.8 Å². The molecule has 170 valence electrons. The summed E-state index contributed by atoms with van der Waals surface area (Å²) < 4.78 is 1.36. The molecule has 2 aromatic rings. The van der Waals surface area contributed by atoms with Crippen molar-refractivity contribution in [2.45, 2.75) is 64.8 Å². The van der Waals surface area contributed by atoms with E-state index in [-0.39, 0.29) is 17.4 Å². The molecule has 2 fully saturated rings. The number of nitrogens with one attached hydrogen (secondary N) is 1. The van der Waals surface area contributed by atoms with E-state index in [0.717, 1.165) is 50.1 Å². The average Bonchev–Trinajstić information content (AvgIpc) is 3.21. The third-order valence-corrected chi connectivity index (χ3v) is 7.54. The van der Waals surface area contributed by atoms with Gasteiger partial charge in [-0.1, -0.05) is 24.7 Å². The topological polar surface area (TPSA) is 82.8 Å². The Bertz CT molecular complexity index is 957. The third kappa shape index (κ3) is 5.26. The molecule has 0 aliphatic carbocycles. The minimum Gasteiger partial charge on any atom is -0.356 e. The molecule has 2 atom stereocenters. The van der Waals surface area contributed by atoms with E-state index in [9.17, 15) is 9.59 Å². The summed E-state index contributed by atoms with van der Waals surface area (Å²) in [6.45, 7) is 8.59. The second-order valence-electron chi connectivity index (χ2n) is 8.84. The van der Waals surface area contributed by atoms with Crippen molar-refractivity contribution in [2.75, 3.05) is 37.6 Å². The third-order valence-electron chi connectivity index (χ3n) is 6.57. The van der Waals surface area contributed by atoms with Gasteiger partial charge in [0.05, 0.1) is 5.92 Å². The Labute approximate surface area is 187 Å². The molecule has 0 bridgehead atoms. The Kier molecular flexibility index (Phi) is 7.22. The second-order valence-corrected chi connectivity index (χ2v) is 9.77. The van der Waals surface area contributed by atoms with E-state index in [1.165, 1.54) is 54.1 Å². The van der Waals surface area contributed by atoms with Gasteiger partial charge in [-0.05, 0) is 52.0 Å². The van der Waals surface area contributed by atoms with Crippen molar-refractivity contribution < 1.29 is 4.79 Å². The lowest BCUT2D eigenvalue weighted by Gasteiger charge is -2.35. The maximum absolute atomic E-state index is 12.8. The summed E-state index contributed by atoms with van der Waals surface area (Å²) in [4.78, 5) is 34.7. The number of carbonyl (C=O) groups excluding carboxylic acids is 1. The van der Waals surface area contributed by atoms with Gasteiger partial charge in [-0.2, -0.15) is 4.52 Å². The smallest absolute Gasteiger partial charge is 0.275 e. The van der Waals surface area contributed by atoms with Gasteiger partial charge >= 0.3 is 0 Å². The summed E-state index contributed by atoms with van der Waals surface area (Å²) in [6, 6.07) is 2.21. The fourth-order valence-electron chi connectivity index (χ4n) is 4.86. The molecular weight excluding hydrogens is 412 g/mol. The monoisotopic (exact) mass is 446 g/mol. The lowest BCUT2D eigenvalue weighted by atomic mass is 9.97. The summed E-state index contributed by atoms with van der Waals surface area (Å²) in [6.07, 6.45) is 8.03. The molecule has 2 aliphatic heterocycles. The van der Waals surface area contributed by atoms with E-state index >= 15 is 0 Å². The number of nitrogens with zero attached hydrogens (tertiary/aromatic N) is 5. The van der Waals surface area contributed by atoms with Gasteiger partial charge in [-0.15, -0.1) is 5.10 Å². The van der Waals surface area contributed by atoms with E-state index in [0.29, 0.717) is 17.2 Å². The first-order chi connectivity index (χ1) is 15.0. The fraction of sp³-hybridized carbons (Fsp3) is 0.727. The molecule has 4 rings (SSSR count). The zero-order valence-corrected chi connectivity index (χ0v) is 19.5. The number of piperidine rings is 2. The molecule has 4 heterocycles. The fourth-order valence-corrected chi connectivity index (χ4v) is 5.85. The van der Waals surface area contributed by atoms with Crippen LogP contribution in [0.2, 0.25) is 0 Å². The first-order valence-electron chi connectivity index (χ1n) is 11.7. The van der Waals surface area contributed by atoms with Crippen molar-refractivity contribution in [2.24, 2.45) is 5.92 Å². The number of carbonyl (C=O) groups is 1. The van der Waals surface area contributed by atoms with Gasteiger partial charge in [0.2, 0.25) is 16.0 Å². The predicted octanol–water partition coefficient (Wildman–Crippen LogP) is 2.45. The first kappa shape index (κ1) is 22.2. The van der Waals surface area contributed by atoms with E-state index in [1.807, 2.05) is 6.92 Å². The zero-order valence-electron chi connectivity index (χ0n) is 18.7. The SMILES string of the molecule is CC[C@@H]1CCCCN1CCCNC(=O)[C@@H]1CCCN(c2nn3c(=O)cc(C)nc3s2)C1. The van der Waals surface area contributed by atoms with Crippen LogP contribution in [0.5, 0.6) is 0 Å². The number of fused-ring (bicyclic) bond motifs is 1. The molecule has 2 aliphatic rings. The molecule has 0 radical (unpaired) electrons. The summed E-state index contributed by atoms with van der Waals surface area (Å²) in [5, 5.41) is 8.39. The maximum atomic E-state index is 12.8. The van der Waals surface area contributed by atoms with E-state index in [1.54, 1.807) is 0 Å². The summed E-state index contributed by atoms with van der Waals surface area (Å²) in [5.41, 5.74) is 0.543. The number of aryl methyl sites for hydroxylation is 1. The van der Waals surface area contributed by atoms with Crippen LogP contribution in [0.4, 0.5) is 5.13 Å². The Balaban J connectivity index is 1.29. The number of likely N-dealkylation sites (tertiary alicyclic amines) is 1. The van der Waals surface area contributed by atoms with Crippen molar-refractivity contribution in [3.63, 3.8) is 0 Å². The summed E-state index contributed by atoms with van der Waals surface area (Å²) in [5.74, 6) is 0.105. The highest BCUT2D eigenvalue weighted by Gasteiger charge is 2.28. The highest BCUT2D eigenvalue weighted by Crippen LogP contribution is 2.27. The highest BCUT2D eigenvalue weighted by molar-refractivity contribution is 7.20. The minimum atomic E-state index is -0.157. The van der Waals surface area contributed by atoms with Crippen LogP contribution >= 0.6 is 11.3 Å². The van der Waals surface area contributed by atoms with E-state index in [2.05, 4.69) is 32.1 Å². The molecule has 2 aromatic heterocycles. The maximum Gasteiger partial charge on any atom is 0.275 e. The van der Waals surface area contributed by atoms with E-state index < -0.39 is 0 Å². The van der Waals surface area contributed by atoms with Gasteiger partial charge < -0.3 is 15.1 Å². The van der Waals surface area contributed by atoms with Crippen molar-refractivity contribution in [3.8, 4) is 0 Å². The van der Waals surface area contributed by atoms with Crippen LogP contribution in [0.25, 0.3) is 4.96 Å².